The summed E-state index contributed by atoms with van der Waals surface area (Å²) in [6.45, 7) is 8.20. The number of amides is 1. The lowest BCUT2D eigenvalue weighted by atomic mass is 9.87. The number of para-hydroxylation sites is 1. The summed E-state index contributed by atoms with van der Waals surface area (Å²) in [5.41, 5.74) is 3.00. The zero-order valence-electron chi connectivity index (χ0n) is 16.9. The summed E-state index contributed by atoms with van der Waals surface area (Å²) in [7, 11) is 0. The lowest BCUT2D eigenvalue weighted by Gasteiger charge is -2.19. The first-order chi connectivity index (χ1) is 13.7. The van der Waals surface area contributed by atoms with E-state index < -0.39 is 5.63 Å². The monoisotopic (exact) mass is 386 g/mol. The Labute approximate surface area is 168 Å². The van der Waals surface area contributed by atoms with E-state index in [1.165, 1.54) is 0 Å². The van der Waals surface area contributed by atoms with Crippen LogP contribution in [0.1, 0.15) is 42.3 Å². The molecule has 2 heterocycles. The molecule has 0 unspecified atom stereocenters. The van der Waals surface area contributed by atoms with Gasteiger partial charge in [-0.25, -0.2) is 9.78 Å². The number of anilines is 1. The number of nitrogens with zero attached hydrogens (tertiary/aromatic N) is 1. The van der Waals surface area contributed by atoms with E-state index in [-0.39, 0.29) is 11.3 Å². The highest BCUT2D eigenvalue weighted by Crippen LogP contribution is 2.26. The molecule has 0 radical (unpaired) electrons. The van der Waals surface area contributed by atoms with E-state index >= 15 is 0 Å². The Morgan fingerprint density at radius 3 is 2.41 bits per heavy atom. The fraction of sp³-hybridized carbons (Fsp3) is 0.208. The molecule has 0 aliphatic heterocycles. The summed E-state index contributed by atoms with van der Waals surface area (Å²) in [6.07, 6.45) is 0. The molecular weight excluding hydrogens is 364 g/mol. The molecule has 2 aromatic carbocycles. The molecule has 0 aliphatic carbocycles. The molecule has 5 nitrogen and oxygen atoms in total. The minimum absolute atomic E-state index is 0.0220. The summed E-state index contributed by atoms with van der Waals surface area (Å²) < 4.78 is 5.40. The molecule has 0 fully saturated rings. The number of aryl methyl sites for hydroxylation is 1. The highest BCUT2D eigenvalue weighted by molar-refractivity contribution is 6.06. The number of fused-ring (bicyclic) bond motifs is 3. The van der Waals surface area contributed by atoms with Gasteiger partial charge in [0.15, 0.2) is 0 Å². The van der Waals surface area contributed by atoms with Gasteiger partial charge in [0.2, 0.25) is 0 Å². The van der Waals surface area contributed by atoms with Crippen molar-refractivity contribution in [3.8, 4) is 0 Å². The fourth-order valence-corrected chi connectivity index (χ4v) is 3.40. The standard InChI is InChI=1S/C24H22N2O3/c1-14-13-19(26-22(27)15-9-11-16(12-10-15)24(2,3)4)25-21-17-7-5-6-8-18(17)29-23(28)20(14)21/h5-13H,1-4H3,(H,25,26,27). The summed E-state index contributed by atoms with van der Waals surface area (Å²) >= 11 is 0. The zero-order valence-corrected chi connectivity index (χ0v) is 16.9. The second-order valence-electron chi connectivity index (χ2n) is 8.22. The number of hydrogen-bond acceptors (Lipinski definition) is 4. The van der Waals surface area contributed by atoms with Gasteiger partial charge in [0.1, 0.15) is 11.4 Å². The Hall–Kier alpha value is -3.47. The Morgan fingerprint density at radius 2 is 1.72 bits per heavy atom. The average Bonchev–Trinajstić information content (AvgIpc) is 2.67. The Kier molecular flexibility index (Phi) is 4.46. The number of pyridine rings is 1. The van der Waals surface area contributed by atoms with Gasteiger partial charge in [0, 0.05) is 10.9 Å². The van der Waals surface area contributed by atoms with Gasteiger partial charge in [0.25, 0.3) is 5.91 Å². The van der Waals surface area contributed by atoms with Crippen LogP contribution in [0.15, 0.2) is 63.8 Å². The molecule has 146 valence electrons. The van der Waals surface area contributed by atoms with Crippen LogP contribution >= 0.6 is 0 Å². The van der Waals surface area contributed by atoms with Gasteiger partial charge in [-0.1, -0.05) is 45.0 Å². The lowest BCUT2D eigenvalue weighted by Crippen LogP contribution is -2.15. The molecule has 29 heavy (non-hydrogen) atoms. The van der Waals surface area contributed by atoms with Gasteiger partial charge in [-0.2, -0.15) is 0 Å². The normalized spacial score (nSPS) is 11.7. The number of carbonyl (C=O) groups excluding carboxylic acids is 1. The largest absolute Gasteiger partial charge is 0.422 e. The van der Waals surface area contributed by atoms with Crippen molar-refractivity contribution >= 4 is 33.6 Å². The van der Waals surface area contributed by atoms with E-state index in [0.29, 0.717) is 33.4 Å². The Balaban J connectivity index is 1.74. The van der Waals surface area contributed by atoms with E-state index in [4.69, 9.17) is 4.42 Å². The van der Waals surface area contributed by atoms with Crippen LogP contribution in [0.3, 0.4) is 0 Å². The van der Waals surface area contributed by atoms with Crippen molar-refractivity contribution < 1.29 is 9.21 Å². The third-order valence-corrected chi connectivity index (χ3v) is 5.02. The van der Waals surface area contributed by atoms with Gasteiger partial charge in [-0.05, 0) is 53.8 Å². The number of benzene rings is 2. The maximum absolute atomic E-state index is 12.7. The van der Waals surface area contributed by atoms with Gasteiger partial charge >= 0.3 is 5.63 Å². The first-order valence-electron chi connectivity index (χ1n) is 9.49. The molecule has 0 spiro atoms. The summed E-state index contributed by atoms with van der Waals surface area (Å²) in [6, 6.07) is 16.5. The average molecular weight is 386 g/mol. The summed E-state index contributed by atoms with van der Waals surface area (Å²) in [5.74, 6) is 0.152. The Morgan fingerprint density at radius 1 is 1.03 bits per heavy atom. The minimum atomic E-state index is -0.431. The molecule has 0 bridgehead atoms. The van der Waals surface area contributed by atoms with E-state index in [1.54, 1.807) is 18.2 Å². The van der Waals surface area contributed by atoms with E-state index in [9.17, 15) is 9.59 Å². The van der Waals surface area contributed by atoms with Crippen LogP contribution in [-0.2, 0) is 5.41 Å². The second kappa shape index (κ2) is 6.85. The minimum Gasteiger partial charge on any atom is -0.422 e. The SMILES string of the molecule is Cc1cc(NC(=O)c2ccc(C(C)(C)C)cc2)nc2c1c(=O)oc1ccccc12. The van der Waals surface area contributed by atoms with Crippen LogP contribution < -0.4 is 10.9 Å². The smallest absolute Gasteiger partial charge is 0.346 e. The van der Waals surface area contributed by atoms with Crippen molar-refractivity contribution in [1.82, 2.24) is 4.98 Å². The molecule has 4 rings (SSSR count). The van der Waals surface area contributed by atoms with Crippen molar-refractivity contribution in [2.24, 2.45) is 0 Å². The molecule has 0 saturated heterocycles. The predicted octanol–water partition coefficient (Wildman–Crippen LogP) is 5.20. The first-order valence-corrected chi connectivity index (χ1v) is 9.49. The van der Waals surface area contributed by atoms with Crippen LogP contribution in [0, 0.1) is 6.92 Å². The van der Waals surface area contributed by atoms with Gasteiger partial charge in [-0.15, -0.1) is 0 Å². The van der Waals surface area contributed by atoms with Crippen molar-refractivity contribution in [3.05, 3.63) is 81.7 Å². The van der Waals surface area contributed by atoms with Crippen LogP contribution in [0.25, 0.3) is 21.9 Å². The lowest BCUT2D eigenvalue weighted by molar-refractivity contribution is 0.102. The van der Waals surface area contributed by atoms with Crippen molar-refractivity contribution in [2.75, 3.05) is 5.32 Å². The molecule has 1 N–H and O–H groups in total. The predicted molar refractivity (Wildman–Crippen MR) is 116 cm³/mol. The van der Waals surface area contributed by atoms with Gasteiger partial charge in [0.05, 0.1) is 10.9 Å². The van der Waals surface area contributed by atoms with Crippen molar-refractivity contribution in [2.45, 2.75) is 33.1 Å². The summed E-state index contributed by atoms with van der Waals surface area (Å²) in [4.78, 5) is 29.7. The molecule has 0 atom stereocenters. The third kappa shape index (κ3) is 3.51. The topological polar surface area (TPSA) is 72.2 Å². The maximum Gasteiger partial charge on any atom is 0.346 e. The molecule has 1 amide bonds. The number of hydrogen-bond donors (Lipinski definition) is 1. The maximum atomic E-state index is 12.7. The van der Waals surface area contributed by atoms with Crippen LogP contribution in [0.2, 0.25) is 0 Å². The highest BCUT2D eigenvalue weighted by Gasteiger charge is 2.16. The highest BCUT2D eigenvalue weighted by atomic mass is 16.4. The van der Waals surface area contributed by atoms with Crippen LogP contribution in [0.5, 0.6) is 0 Å². The molecular formula is C24H22N2O3. The fourth-order valence-electron chi connectivity index (χ4n) is 3.40. The number of rotatable bonds is 2. The number of aromatic nitrogens is 1. The molecule has 0 saturated carbocycles. The quantitative estimate of drug-likeness (QED) is 0.380. The molecule has 4 aromatic rings. The van der Waals surface area contributed by atoms with Crippen molar-refractivity contribution in [1.29, 1.82) is 0 Å². The summed E-state index contributed by atoms with van der Waals surface area (Å²) in [5, 5.41) is 4.01. The molecule has 5 heteroatoms. The van der Waals surface area contributed by atoms with Gasteiger partial charge in [-0.3, -0.25) is 4.79 Å². The first kappa shape index (κ1) is 18.9. The molecule has 0 aliphatic rings. The van der Waals surface area contributed by atoms with E-state index in [2.05, 4.69) is 31.1 Å². The van der Waals surface area contributed by atoms with E-state index in [0.717, 1.165) is 10.9 Å². The third-order valence-electron chi connectivity index (χ3n) is 5.02. The zero-order chi connectivity index (χ0) is 20.8. The number of carbonyl (C=O) groups is 1. The van der Waals surface area contributed by atoms with E-state index in [1.807, 2.05) is 43.3 Å². The second-order valence-corrected chi connectivity index (χ2v) is 8.22. The molecule has 2 aromatic heterocycles. The van der Waals surface area contributed by atoms with Gasteiger partial charge < -0.3 is 9.73 Å². The Bertz CT molecular complexity index is 1300. The number of nitrogens with one attached hydrogen (secondary N) is 1. The van der Waals surface area contributed by atoms with Crippen LogP contribution in [-0.4, -0.2) is 10.9 Å². The van der Waals surface area contributed by atoms with Crippen LogP contribution in [0.4, 0.5) is 5.82 Å². The van der Waals surface area contributed by atoms with Crippen molar-refractivity contribution in [3.63, 3.8) is 0 Å².